The Labute approximate surface area is 137 Å². The first-order valence-corrected chi connectivity index (χ1v) is 6.84. The van der Waals surface area contributed by atoms with Gasteiger partial charge in [-0.15, -0.1) is 24.0 Å². The summed E-state index contributed by atoms with van der Waals surface area (Å²) in [6, 6.07) is 4.04. The van der Waals surface area contributed by atoms with Gasteiger partial charge in [-0.3, -0.25) is 0 Å². The number of rotatable bonds is 5. The van der Waals surface area contributed by atoms with Crippen LogP contribution in [-0.4, -0.2) is 30.2 Å². The van der Waals surface area contributed by atoms with Gasteiger partial charge in [-0.1, -0.05) is 6.92 Å². The maximum absolute atomic E-state index is 10.3. The van der Waals surface area contributed by atoms with Gasteiger partial charge < -0.3 is 20.2 Å². The number of aliphatic hydroxyl groups is 1. The molecule has 1 aliphatic carbocycles. The van der Waals surface area contributed by atoms with E-state index in [4.69, 9.17) is 4.42 Å². The fraction of sp³-hybridized carbons (Fsp3) is 0.643. The maximum Gasteiger partial charge on any atom is 0.191 e. The molecule has 114 valence electrons. The minimum absolute atomic E-state index is 0. The Morgan fingerprint density at radius 3 is 2.80 bits per heavy atom. The summed E-state index contributed by atoms with van der Waals surface area (Å²) in [6.45, 7) is 7.00. The molecule has 3 unspecified atom stereocenters. The lowest BCUT2D eigenvalue weighted by Gasteiger charge is -2.19. The van der Waals surface area contributed by atoms with E-state index in [-0.39, 0.29) is 30.5 Å². The second-order valence-electron chi connectivity index (χ2n) is 5.41. The van der Waals surface area contributed by atoms with Crippen LogP contribution in [0.25, 0.3) is 0 Å². The minimum atomic E-state index is -1.08. The fourth-order valence-electron chi connectivity index (χ4n) is 1.91. The first kappa shape index (κ1) is 17.3. The minimum Gasteiger partial charge on any atom is -0.466 e. The van der Waals surface area contributed by atoms with Crippen molar-refractivity contribution in [2.24, 2.45) is 10.9 Å². The molecular weight excluding hydrogens is 369 g/mol. The number of nitrogens with one attached hydrogen (secondary N) is 2. The lowest BCUT2D eigenvalue weighted by Crippen LogP contribution is -2.40. The predicted molar refractivity (Wildman–Crippen MR) is 90.4 cm³/mol. The molecule has 1 aromatic rings. The number of hydrogen-bond acceptors (Lipinski definition) is 3. The van der Waals surface area contributed by atoms with Crippen molar-refractivity contribution in [2.45, 2.75) is 38.8 Å². The Morgan fingerprint density at radius 1 is 1.60 bits per heavy atom. The first-order valence-electron chi connectivity index (χ1n) is 6.84. The third kappa shape index (κ3) is 4.66. The average Bonchev–Trinajstić information content (AvgIpc) is 2.86. The largest absolute Gasteiger partial charge is 0.466 e. The third-order valence-electron chi connectivity index (χ3n) is 3.37. The van der Waals surface area contributed by atoms with Crippen LogP contribution in [0.5, 0.6) is 0 Å². The van der Waals surface area contributed by atoms with E-state index in [9.17, 15) is 5.11 Å². The summed E-state index contributed by atoms with van der Waals surface area (Å²) in [5, 5.41) is 16.9. The molecule has 0 amide bonds. The molecule has 1 saturated carbocycles. The quantitative estimate of drug-likeness (QED) is 0.407. The smallest absolute Gasteiger partial charge is 0.191 e. The highest BCUT2D eigenvalue weighted by Gasteiger charge is 2.33. The van der Waals surface area contributed by atoms with Crippen LogP contribution < -0.4 is 10.6 Å². The van der Waals surface area contributed by atoms with Gasteiger partial charge in [-0.2, -0.15) is 0 Å². The topological polar surface area (TPSA) is 69.8 Å². The second kappa shape index (κ2) is 7.31. The highest BCUT2D eigenvalue weighted by Crippen LogP contribution is 2.28. The molecule has 0 saturated heterocycles. The molecule has 1 fully saturated rings. The molecule has 6 heteroatoms. The second-order valence-corrected chi connectivity index (χ2v) is 5.41. The van der Waals surface area contributed by atoms with Gasteiger partial charge >= 0.3 is 0 Å². The van der Waals surface area contributed by atoms with Gasteiger partial charge in [0.25, 0.3) is 0 Å². The van der Waals surface area contributed by atoms with E-state index in [0.29, 0.717) is 17.7 Å². The highest BCUT2D eigenvalue weighted by molar-refractivity contribution is 14.0. The molecule has 0 spiro atoms. The van der Waals surface area contributed by atoms with Gasteiger partial charge in [-0.25, -0.2) is 4.99 Å². The van der Waals surface area contributed by atoms with Gasteiger partial charge in [0.15, 0.2) is 5.96 Å². The van der Waals surface area contributed by atoms with E-state index < -0.39 is 5.60 Å². The number of aliphatic imine (C=N–C) groups is 1. The summed E-state index contributed by atoms with van der Waals surface area (Å²) >= 11 is 0. The monoisotopic (exact) mass is 393 g/mol. The normalized spacial score (nSPS) is 24.5. The molecule has 3 atom stereocenters. The molecule has 3 N–H and O–H groups in total. The van der Waals surface area contributed by atoms with Crippen LogP contribution in [0.15, 0.2) is 27.8 Å². The van der Waals surface area contributed by atoms with E-state index in [2.05, 4.69) is 22.5 Å². The molecule has 5 nitrogen and oxygen atoms in total. The molecule has 1 aliphatic rings. The number of furan rings is 1. The zero-order chi connectivity index (χ0) is 13.9. The first-order chi connectivity index (χ1) is 9.03. The zero-order valence-corrected chi connectivity index (χ0v) is 14.5. The van der Waals surface area contributed by atoms with Crippen LogP contribution >= 0.6 is 24.0 Å². The van der Waals surface area contributed by atoms with Crippen molar-refractivity contribution >= 4 is 29.9 Å². The standard InChI is InChI=1S/C14H23N3O2.HI/c1-4-15-13(17-11-8-10(11)2)16-9-14(3,18)12-6-5-7-19-12;/h5-7,10-11,18H,4,8-9H2,1-3H3,(H2,15,16,17);1H. The summed E-state index contributed by atoms with van der Waals surface area (Å²) in [5.41, 5.74) is -1.08. The average molecular weight is 393 g/mol. The number of hydrogen-bond donors (Lipinski definition) is 3. The Balaban J connectivity index is 0.00000200. The molecule has 20 heavy (non-hydrogen) atoms. The molecule has 0 aromatic carbocycles. The Kier molecular flexibility index (Phi) is 6.32. The SMILES string of the molecule is CCNC(=NCC(C)(O)c1ccco1)NC1CC1C.I. The van der Waals surface area contributed by atoms with E-state index in [1.54, 1.807) is 25.3 Å². The van der Waals surface area contributed by atoms with Gasteiger partial charge in [0, 0.05) is 12.6 Å². The Morgan fingerprint density at radius 2 is 2.30 bits per heavy atom. The fourth-order valence-corrected chi connectivity index (χ4v) is 1.91. The molecule has 0 aliphatic heterocycles. The Hall–Kier alpha value is -0.760. The molecule has 1 heterocycles. The maximum atomic E-state index is 10.3. The van der Waals surface area contributed by atoms with Crippen molar-refractivity contribution < 1.29 is 9.52 Å². The summed E-state index contributed by atoms with van der Waals surface area (Å²) in [5.74, 6) is 1.99. The summed E-state index contributed by atoms with van der Waals surface area (Å²) in [4.78, 5) is 4.44. The van der Waals surface area contributed by atoms with E-state index in [1.165, 1.54) is 6.42 Å². The highest BCUT2D eigenvalue weighted by atomic mass is 127. The third-order valence-corrected chi connectivity index (χ3v) is 3.37. The van der Waals surface area contributed by atoms with E-state index in [0.717, 1.165) is 12.5 Å². The van der Waals surface area contributed by atoms with Crippen LogP contribution in [0.4, 0.5) is 0 Å². The molecule has 0 radical (unpaired) electrons. The van der Waals surface area contributed by atoms with Crippen molar-refractivity contribution in [1.82, 2.24) is 10.6 Å². The van der Waals surface area contributed by atoms with Crippen molar-refractivity contribution in [3.05, 3.63) is 24.2 Å². The van der Waals surface area contributed by atoms with Crippen molar-refractivity contribution in [3.8, 4) is 0 Å². The van der Waals surface area contributed by atoms with Crippen molar-refractivity contribution in [2.75, 3.05) is 13.1 Å². The number of guanidine groups is 1. The van der Waals surface area contributed by atoms with Crippen LogP contribution in [0.2, 0.25) is 0 Å². The van der Waals surface area contributed by atoms with Crippen LogP contribution in [0.3, 0.4) is 0 Å². The molecular formula is C14H24IN3O2. The summed E-state index contributed by atoms with van der Waals surface area (Å²) < 4.78 is 5.24. The van der Waals surface area contributed by atoms with Crippen molar-refractivity contribution in [3.63, 3.8) is 0 Å². The Bertz CT molecular complexity index is 432. The van der Waals surface area contributed by atoms with Gasteiger partial charge in [0.05, 0.1) is 12.8 Å². The lowest BCUT2D eigenvalue weighted by molar-refractivity contribution is 0.0437. The van der Waals surface area contributed by atoms with Crippen LogP contribution in [0, 0.1) is 5.92 Å². The molecule has 0 bridgehead atoms. The van der Waals surface area contributed by atoms with Gasteiger partial charge in [0.2, 0.25) is 0 Å². The molecule has 2 rings (SSSR count). The number of nitrogens with zero attached hydrogens (tertiary/aromatic N) is 1. The van der Waals surface area contributed by atoms with Crippen molar-refractivity contribution in [1.29, 1.82) is 0 Å². The summed E-state index contributed by atoms with van der Waals surface area (Å²) in [6.07, 6.45) is 2.74. The number of halogens is 1. The lowest BCUT2D eigenvalue weighted by atomic mass is 10.0. The van der Waals surface area contributed by atoms with Crippen LogP contribution in [-0.2, 0) is 5.60 Å². The van der Waals surface area contributed by atoms with E-state index in [1.807, 2.05) is 6.92 Å². The van der Waals surface area contributed by atoms with Gasteiger partial charge in [0.1, 0.15) is 11.4 Å². The molecule has 1 aromatic heterocycles. The van der Waals surface area contributed by atoms with E-state index >= 15 is 0 Å². The van der Waals surface area contributed by atoms with Crippen LogP contribution in [0.1, 0.15) is 33.0 Å². The predicted octanol–water partition coefficient (Wildman–Crippen LogP) is 2.07. The van der Waals surface area contributed by atoms with Gasteiger partial charge in [-0.05, 0) is 38.3 Å². The zero-order valence-electron chi connectivity index (χ0n) is 12.2. The summed E-state index contributed by atoms with van der Waals surface area (Å²) in [7, 11) is 0.